The van der Waals surface area contributed by atoms with E-state index >= 15 is 0 Å². The van der Waals surface area contributed by atoms with Gasteiger partial charge in [0, 0.05) is 19.2 Å². The van der Waals surface area contributed by atoms with E-state index in [9.17, 15) is 4.79 Å². The second-order valence-electron chi connectivity index (χ2n) is 5.73. The van der Waals surface area contributed by atoms with Crippen molar-refractivity contribution in [3.8, 4) is 0 Å². The lowest BCUT2D eigenvalue weighted by molar-refractivity contribution is 0.0690. The zero-order chi connectivity index (χ0) is 15.5. The molecule has 3 rings (SSSR count). The molecule has 3 heterocycles. The van der Waals surface area contributed by atoms with Crippen molar-refractivity contribution in [2.75, 3.05) is 18.4 Å². The smallest absolute Gasteiger partial charge is 0.274 e. The molecule has 1 N–H and O–H groups in total. The topological polar surface area (TPSA) is 84.2 Å². The highest BCUT2D eigenvalue weighted by Gasteiger charge is 2.22. The number of hydrogen-bond acceptors (Lipinski definition) is 6. The molecule has 0 atom stereocenters. The monoisotopic (exact) mass is 301 g/mol. The first-order valence-electron chi connectivity index (χ1n) is 7.45. The Morgan fingerprint density at radius 2 is 2.05 bits per heavy atom. The molecule has 0 aromatic carbocycles. The molecule has 7 heteroatoms. The first kappa shape index (κ1) is 14.5. The third kappa shape index (κ3) is 3.24. The molecule has 0 unspecified atom stereocenters. The van der Waals surface area contributed by atoms with Crippen molar-refractivity contribution in [3.05, 3.63) is 29.7 Å². The number of aryl methyl sites for hydroxylation is 1. The molecule has 0 saturated carbocycles. The molecule has 22 heavy (non-hydrogen) atoms. The van der Waals surface area contributed by atoms with Gasteiger partial charge in [0.2, 0.25) is 0 Å². The lowest BCUT2D eigenvalue weighted by Crippen LogP contribution is -2.38. The molecular weight excluding hydrogens is 282 g/mol. The van der Waals surface area contributed by atoms with Gasteiger partial charge in [-0.25, -0.2) is 0 Å². The van der Waals surface area contributed by atoms with Gasteiger partial charge in [0.15, 0.2) is 17.3 Å². The normalized spacial score (nSPS) is 15.8. The number of likely N-dealkylation sites (tertiary alicyclic amines) is 1. The van der Waals surface area contributed by atoms with Crippen LogP contribution in [0.25, 0.3) is 0 Å². The Morgan fingerprint density at radius 3 is 2.64 bits per heavy atom. The summed E-state index contributed by atoms with van der Waals surface area (Å²) < 4.78 is 4.97. The van der Waals surface area contributed by atoms with E-state index in [0.717, 1.165) is 25.9 Å². The van der Waals surface area contributed by atoms with Crippen molar-refractivity contribution in [1.29, 1.82) is 0 Å². The van der Waals surface area contributed by atoms with Gasteiger partial charge in [0.25, 0.3) is 5.91 Å². The van der Waals surface area contributed by atoms with Gasteiger partial charge in [-0.2, -0.15) is 0 Å². The largest absolute Gasteiger partial charge is 0.360 e. The number of piperidine rings is 1. The quantitative estimate of drug-likeness (QED) is 0.937. The van der Waals surface area contributed by atoms with Crippen LogP contribution in [0.4, 0.5) is 11.6 Å². The summed E-state index contributed by atoms with van der Waals surface area (Å²) >= 11 is 0. The second kappa shape index (κ2) is 6.13. The SMILES string of the molecule is Cc1cc(Nc2ccc(C(=O)N3CCC(C)CC3)nn2)no1. The van der Waals surface area contributed by atoms with Gasteiger partial charge in [-0.15, -0.1) is 10.2 Å². The number of carbonyl (C=O) groups excluding carboxylic acids is 1. The highest BCUT2D eigenvalue weighted by molar-refractivity contribution is 5.92. The van der Waals surface area contributed by atoms with Crippen LogP contribution in [0.15, 0.2) is 22.7 Å². The molecule has 0 bridgehead atoms. The van der Waals surface area contributed by atoms with E-state index < -0.39 is 0 Å². The molecule has 2 aromatic heterocycles. The summed E-state index contributed by atoms with van der Waals surface area (Å²) in [5.74, 6) is 2.44. The summed E-state index contributed by atoms with van der Waals surface area (Å²) in [4.78, 5) is 14.2. The van der Waals surface area contributed by atoms with Crippen molar-refractivity contribution < 1.29 is 9.32 Å². The summed E-state index contributed by atoms with van der Waals surface area (Å²) in [6, 6.07) is 5.16. The van der Waals surface area contributed by atoms with Crippen LogP contribution >= 0.6 is 0 Å². The van der Waals surface area contributed by atoms with Gasteiger partial charge in [-0.3, -0.25) is 4.79 Å². The van der Waals surface area contributed by atoms with Crippen LogP contribution in [0, 0.1) is 12.8 Å². The molecule has 1 amide bonds. The zero-order valence-corrected chi connectivity index (χ0v) is 12.7. The second-order valence-corrected chi connectivity index (χ2v) is 5.73. The van der Waals surface area contributed by atoms with Crippen LogP contribution in [0.2, 0.25) is 0 Å². The number of amides is 1. The van der Waals surface area contributed by atoms with E-state index in [-0.39, 0.29) is 5.91 Å². The summed E-state index contributed by atoms with van der Waals surface area (Å²) in [5, 5.41) is 14.8. The maximum Gasteiger partial charge on any atom is 0.274 e. The van der Waals surface area contributed by atoms with Crippen LogP contribution in [-0.4, -0.2) is 39.3 Å². The van der Waals surface area contributed by atoms with Gasteiger partial charge in [-0.1, -0.05) is 12.1 Å². The Kier molecular flexibility index (Phi) is 4.04. The minimum absolute atomic E-state index is 0.0526. The summed E-state index contributed by atoms with van der Waals surface area (Å²) in [6.07, 6.45) is 2.09. The molecule has 0 radical (unpaired) electrons. The van der Waals surface area contributed by atoms with Gasteiger partial charge in [-0.05, 0) is 37.8 Å². The molecule has 1 aliphatic heterocycles. The Bertz CT molecular complexity index is 644. The van der Waals surface area contributed by atoms with Crippen LogP contribution < -0.4 is 5.32 Å². The average Bonchev–Trinajstić information content (AvgIpc) is 2.93. The Balaban J connectivity index is 1.64. The van der Waals surface area contributed by atoms with Crippen LogP contribution in [0.5, 0.6) is 0 Å². The van der Waals surface area contributed by atoms with Crippen LogP contribution in [-0.2, 0) is 0 Å². The fourth-order valence-electron chi connectivity index (χ4n) is 2.44. The first-order chi connectivity index (χ1) is 10.6. The maximum absolute atomic E-state index is 12.4. The molecule has 7 nitrogen and oxygen atoms in total. The average molecular weight is 301 g/mol. The number of nitrogens with one attached hydrogen (secondary N) is 1. The molecule has 116 valence electrons. The van der Waals surface area contributed by atoms with Crippen molar-refractivity contribution in [1.82, 2.24) is 20.3 Å². The number of anilines is 2. The molecule has 0 spiro atoms. The highest BCUT2D eigenvalue weighted by atomic mass is 16.5. The lowest BCUT2D eigenvalue weighted by Gasteiger charge is -2.29. The highest BCUT2D eigenvalue weighted by Crippen LogP contribution is 2.18. The fourth-order valence-corrected chi connectivity index (χ4v) is 2.44. The molecule has 2 aromatic rings. The van der Waals surface area contributed by atoms with Crippen LogP contribution in [0.3, 0.4) is 0 Å². The standard InChI is InChI=1S/C15H19N5O2/c1-10-5-7-20(8-6-10)15(21)12-3-4-13(18-17-12)16-14-9-11(2)22-19-14/h3-4,9-10H,5-8H2,1-2H3,(H,16,18,19). The lowest BCUT2D eigenvalue weighted by atomic mass is 9.99. The number of nitrogens with zero attached hydrogens (tertiary/aromatic N) is 4. The number of hydrogen-bond donors (Lipinski definition) is 1. The Morgan fingerprint density at radius 1 is 1.27 bits per heavy atom. The number of rotatable bonds is 3. The summed E-state index contributed by atoms with van der Waals surface area (Å²) in [6.45, 7) is 5.61. The van der Waals surface area contributed by atoms with E-state index in [0.29, 0.717) is 29.0 Å². The van der Waals surface area contributed by atoms with E-state index in [4.69, 9.17) is 4.52 Å². The minimum atomic E-state index is -0.0526. The van der Waals surface area contributed by atoms with E-state index in [1.165, 1.54) is 0 Å². The maximum atomic E-state index is 12.4. The predicted octanol–water partition coefficient (Wildman–Crippen LogP) is 2.39. The van der Waals surface area contributed by atoms with Gasteiger partial charge in [0.1, 0.15) is 5.76 Å². The predicted molar refractivity (Wildman–Crippen MR) is 80.9 cm³/mol. The fraction of sp³-hybridized carbons (Fsp3) is 0.467. The molecular formula is C15H19N5O2. The van der Waals surface area contributed by atoms with Gasteiger partial charge in [0.05, 0.1) is 0 Å². The van der Waals surface area contributed by atoms with E-state index in [1.807, 2.05) is 11.8 Å². The first-order valence-corrected chi connectivity index (χ1v) is 7.45. The van der Waals surface area contributed by atoms with Crippen LogP contribution in [0.1, 0.15) is 36.0 Å². The van der Waals surface area contributed by atoms with E-state index in [1.54, 1.807) is 18.2 Å². The molecule has 0 aliphatic carbocycles. The number of carbonyl (C=O) groups is 1. The minimum Gasteiger partial charge on any atom is -0.360 e. The third-order valence-electron chi connectivity index (χ3n) is 3.84. The van der Waals surface area contributed by atoms with Crippen molar-refractivity contribution in [2.24, 2.45) is 5.92 Å². The van der Waals surface area contributed by atoms with E-state index in [2.05, 4.69) is 27.6 Å². The number of aromatic nitrogens is 3. The summed E-state index contributed by atoms with van der Waals surface area (Å²) in [7, 11) is 0. The molecule has 1 fully saturated rings. The third-order valence-corrected chi connectivity index (χ3v) is 3.84. The molecule has 1 saturated heterocycles. The summed E-state index contributed by atoms with van der Waals surface area (Å²) in [5.41, 5.74) is 0.372. The van der Waals surface area contributed by atoms with Crippen molar-refractivity contribution >= 4 is 17.5 Å². The van der Waals surface area contributed by atoms with Gasteiger partial charge < -0.3 is 14.7 Å². The molecule has 1 aliphatic rings. The zero-order valence-electron chi connectivity index (χ0n) is 12.7. The van der Waals surface area contributed by atoms with Crippen molar-refractivity contribution in [3.63, 3.8) is 0 Å². The van der Waals surface area contributed by atoms with Crippen molar-refractivity contribution in [2.45, 2.75) is 26.7 Å². The Labute approximate surface area is 128 Å². The Hall–Kier alpha value is -2.44. The van der Waals surface area contributed by atoms with Gasteiger partial charge >= 0.3 is 0 Å².